The van der Waals surface area contributed by atoms with Gasteiger partial charge >= 0.3 is 0 Å². The van der Waals surface area contributed by atoms with Crippen LogP contribution in [0.1, 0.15) is 110 Å². The lowest BCUT2D eigenvalue weighted by Gasteiger charge is -2.07. The molecule has 0 atom stereocenters. The van der Waals surface area contributed by atoms with Crippen molar-refractivity contribution in [3.05, 3.63) is 0 Å². The van der Waals surface area contributed by atoms with Crippen LogP contribution in [0.2, 0.25) is 0 Å². The Bertz CT molecular complexity index is 416. The molecule has 0 saturated carbocycles. The normalized spacial score (nSPS) is 11.5. The fraction of sp³-hybridized carbons (Fsp3) is 0.950. The molecule has 0 unspecified atom stereocenters. The summed E-state index contributed by atoms with van der Waals surface area (Å²) in [6, 6.07) is 2.17. The Morgan fingerprint density at radius 2 is 1.20 bits per heavy atom. The number of hydrogen-bond donors (Lipinski definition) is 1. The summed E-state index contributed by atoms with van der Waals surface area (Å²) in [5.74, 6) is 0.279. The summed E-state index contributed by atoms with van der Waals surface area (Å²) in [7, 11) is -3.07. The Balaban J connectivity index is 3.36. The van der Waals surface area contributed by atoms with E-state index in [4.69, 9.17) is 5.26 Å². The first-order valence-electron chi connectivity index (χ1n) is 10.5. The Morgan fingerprint density at radius 3 is 1.76 bits per heavy atom. The predicted molar refractivity (Wildman–Crippen MR) is 107 cm³/mol. The van der Waals surface area contributed by atoms with E-state index in [1.165, 1.54) is 44.9 Å². The highest BCUT2D eigenvalue weighted by Gasteiger charge is 2.08. The van der Waals surface area contributed by atoms with Crippen LogP contribution in [0, 0.1) is 11.3 Å². The third kappa shape index (κ3) is 19.6. The van der Waals surface area contributed by atoms with Gasteiger partial charge in [0, 0.05) is 13.0 Å². The molecule has 0 saturated heterocycles. The first-order valence-corrected chi connectivity index (χ1v) is 12.1. The van der Waals surface area contributed by atoms with Gasteiger partial charge in [0.25, 0.3) is 0 Å². The highest BCUT2D eigenvalue weighted by atomic mass is 32.2. The zero-order chi connectivity index (χ0) is 18.6. The maximum atomic E-state index is 11.9. The fourth-order valence-electron chi connectivity index (χ4n) is 2.94. The number of unbranched alkanes of at least 4 members (excludes halogenated alkanes) is 14. The molecule has 0 fully saturated rings. The van der Waals surface area contributed by atoms with Crippen molar-refractivity contribution >= 4 is 10.0 Å². The average molecular weight is 373 g/mol. The van der Waals surface area contributed by atoms with Gasteiger partial charge in [-0.1, -0.05) is 84.0 Å². The van der Waals surface area contributed by atoms with Crippen molar-refractivity contribution in [2.24, 2.45) is 0 Å². The molecule has 0 aromatic heterocycles. The van der Waals surface area contributed by atoms with Gasteiger partial charge in [-0.2, -0.15) is 5.26 Å². The molecule has 148 valence electrons. The minimum Gasteiger partial charge on any atom is -0.215 e. The van der Waals surface area contributed by atoms with Crippen LogP contribution < -0.4 is 4.72 Å². The van der Waals surface area contributed by atoms with Crippen LogP contribution in [0.5, 0.6) is 0 Å². The Hall–Kier alpha value is -0.600. The van der Waals surface area contributed by atoms with E-state index in [1.807, 2.05) is 0 Å². The second-order valence-corrected chi connectivity index (χ2v) is 9.00. The topological polar surface area (TPSA) is 70.0 Å². The Labute approximate surface area is 156 Å². The molecule has 0 heterocycles. The quantitative estimate of drug-likeness (QED) is 0.296. The lowest BCUT2D eigenvalue weighted by molar-refractivity contribution is 0.554. The zero-order valence-corrected chi connectivity index (χ0v) is 17.2. The smallest absolute Gasteiger partial charge is 0.211 e. The van der Waals surface area contributed by atoms with Crippen molar-refractivity contribution in [2.45, 2.75) is 110 Å². The molecular weight excluding hydrogens is 332 g/mol. The van der Waals surface area contributed by atoms with E-state index in [0.29, 0.717) is 13.0 Å². The van der Waals surface area contributed by atoms with Gasteiger partial charge in [0.15, 0.2) is 0 Å². The molecule has 0 radical (unpaired) electrons. The highest BCUT2D eigenvalue weighted by molar-refractivity contribution is 7.89. The Morgan fingerprint density at radius 1 is 0.720 bits per heavy atom. The van der Waals surface area contributed by atoms with Gasteiger partial charge in [-0.05, 0) is 19.3 Å². The first-order chi connectivity index (χ1) is 12.1. The summed E-state index contributed by atoms with van der Waals surface area (Å²) >= 11 is 0. The van der Waals surface area contributed by atoms with E-state index in [1.54, 1.807) is 0 Å². The lowest BCUT2D eigenvalue weighted by Crippen LogP contribution is -2.27. The highest BCUT2D eigenvalue weighted by Crippen LogP contribution is 2.10. The molecule has 0 aliphatic rings. The van der Waals surface area contributed by atoms with Gasteiger partial charge in [-0.25, -0.2) is 13.1 Å². The molecule has 4 nitrogen and oxygen atoms in total. The average Bonchev–Trinajstić information content (AvgIpc) is 2.59. The van der Waals surface area contributed by atoms with E-state index < -0.39 is 10.0 Å². The number of nitriles is 1. The van der Waals surface area contributed by atoms with Crippen molar-refractivity contribution in [3.8, 4) is 6.07 Å². The van der Waals surface area contributed by atoms with E-state index >= 15 is 0 Å². The first kappa shape index (κ1) is 24.4. The second-order valence-electron chi connectivity index (χ2n) is 7.07. The van der Waals surface area contributed by atoms with Crippen LogP contribution in [0.3, 0.4) is 0 Å². The van der Waals surface area contributed by atoms with Crippen molar-refractivity contribution in [1.29, 1.82) is 5.26 Å². The third-order valence-electron chi connectivity index (χ3n) is 4.55. The van der Waals surface area contributed by atoms with Crippen molar-refractivity contribution in [2.75, 3.05) is 12.3 Å². The minimum absolute atomic E-state index is 0.279. The van der Waals surface area contributed by atoms with E-state index in [2.05, 4.69) is 17.7 Å². The molecule has 0 aromatic rings. The molecule has 5 heteroatoms. The van der Waals surface area contributed by atoms with Gasteiger partial charge in [0.05, 0.1) is 11.8 Å². The molecule has 0 aromatic carbocycles. The summed E-state index contributed by atoms with van der Waals surface area (Å²) < 4.78 is 26.5. The molecule has 25 heavy (non-hydrogen) atoms. The maximum Gasteiger partial charge on any atom is 0.211 e. The molecule has 0 aliphatic carbocycles. The SMILES string of the molecule is CCCCCCCCCCS(=O)(=O)NCCCCCCCCCC#N. The number of sulfonamides is 1. The van der Waals surface area contributed by atoms with Crippen LogP contribution in [0.25, 0.3) is 0 Å². The van der Waals surface area contributed by atoms with Crippen LogP contribution in [-0.2, 0) is 10.0 Å². The van der Waals surface area contributed by atoms with Crippen LogP contribution in [0.4, 0.5) is 0 Å². The molecule has 0 rings (SSSR count). The van der Waals surface area contributed by atoms with E-state index in [-0.39, 0.29) is 5.75 Å². The summed E-state index contributed by atoms with van der Waals surface area (Å²) in [5, 5.41) is 8.45. The van der Waals surface area contributed by atoms with Crippen molar-refractivity contribution < 1.29 is 8.42 Å². The number of rotatable bonds is 19. The van der Waals surface area contributed by atoms with Crippen LogP contribution in [0.15, 0.2) is 0 Å². The van der Waals surface area contributed by atoms with Gasteiger partial charge in [0.2, 0.25) is 10.0 Å². The van der Waals surface area contributed by atoms with E-state index in [9.17, 15) is 8.42 Å². The number of nitrogens with zero attached hydrogens (tertiary/aromatic N) is 1. The van der Waals surface area contributed by atoms with Crippen LogP contribution >= 0.6 is 0 Å². The zero-order valence-electron chi connectivity index (χ0n) is 16.4. The maximum absolute atomic E-state index is 11.9. The van der Waals surface area contributed by atoms with Crippen LogP contribution in [-0.4, -0.2) is 20.7 Å². The minimum atomic E-state index is -3.07. The monoisotopic (exact) mass is 372 g/mol. The van der Waals surface area contributed by atoms with Gasteiger partial charge in [-0.3, -0.25) is 0 Å². The fourth-order valence-corrected chi connectivity index (χ4v) is 4.12. The third-order valence-corrected chi connectivity index (χ3v) is 6.02. The molecule has 0 amide bonds. The van der Waals surface area contributed by atoms with Crippen molar-refractivity contribution in [1.82, 2.24) is 4.72 Å². The Kier molecular flexibility index (Phi) is 17.8. The lowest BCUT2D eigenvalue weighted by atomic mass is 10.1. The molecule has 0 aliphatic heterocycles. The molecule has 1 N–H and O–H groups in total. The second kappa shape index (κ2) is 18.2. The van der Waals surface area contributed by atoms with Gasteiger partial charge in [-0.15, -0.1) is 0 Å². The molecular formula is C20H40N2O2S. The van der Waals surface area contributed by atoms with E-state index in [0.717, 1.165) is 51.4 Å². The summed E-state index contributed by atoms with van der Waals surface area (Å²) in [6.07, 6.45) is 17.8. The molecule has 0 spiro atoms. The number of nitrogens with one attached hydrogen (secondary N) is 1. The summed E-state index contributed by atoms with van der Waals surface area (Å²) in [5.41, 5.74) is 0. The summed E-state index contributed by atoms with van der Waals surface area (Å²) in [6.45, 7) is 2.80. The number of hydrogen-bond acceptors (Lipinski definition) is 3. The predicted octanol–water partition coefficient (Wildman–Crippen LogP) is 5.69. The van der Waals surface area contributed by atoms with Gasteiger partial charge in [0.1, 0.15) is 0 Å². The van der Waals surface area contributed by atoms with Crippen molar-refractivity contribution in [3.63, 3.8) is 0 Å². The standard InChI is InChI=1S/C20H40N2O2S/c1-2-3-4-5-6-11-14-17-20-25(23,24)22-19-16-13-10-8-7-9-12-15-18-21/h22H,2-17,19-20H2,1H3. The largest absolute Gasteiger partial charge is 0.215 e. The van der Waals surface area contributed by atoms with Gasteiger partial charge < -0.3 is 0 Å². The molecule has 0 bridgehead atoms. The summed E-state index contributed by atoms with van der Waals surface area (Å²) in [4.78, 5) is 0.